The molecular formula is C19H19BrN2O4S. The van der Waals surface area contributed by atoms with E-state index >= 15 is 0 Å². The van der Waals surface area contributed by atoms with E-state index in [1.807, 2.05) is 19.1 Å². The summed E-state index contributed by atoms with van der Waals surface area (Å²) in [5.41, 5.74) is 0.365. The molecule has 0 spiro atoms. The Morgan fingerprint density at radius 3 is 2.33 bits per heavy atom. The van der Waals surface area contributed by atoms with E-state index < -0.39 is 27.3 Å². The molecule has 2 aromatic carbocycles. The van der Waals surface area contributed by atoms with Crippen molar-refractivity contribution in [3.63, 3.8) is 0 Å². The lowest BCUT2D eigenvalue weighted by atomic mass is 9.88. The van der Waals surface area contributed by atoms with E-state index in [-0.39, 0.29) is 17.2 Å². The van der Waals surface area contributed by atoms with E-state index in [0.717, 1.165) is 14.9 Å². The molecule has 3 rings (SSSR count). The molecule has 1 atom stereocenters. The molecular weight excluding hydrogens is 432 g/mol. The molecule has 1 aliphatic rings. The van der Waals surface area contributed by atoms with Crippen LogP contribution in [0.5, 0.6) is 0 Å². The fourth-order valence-corrected chi connectivity index (χ4v) is 4.66. The third-order valence-corrected chi connectivity index (χ3v) is 6.95. The highest BCUT2D eigenvalue weighted by Gasteiger charge is 2.49. The molecule has 3 amide bonds. The molecule has 0 saturated carbocycles. The maximum Gasteiger partial charge on any atom is 0.325 e. The van der Waals surface area contributed by atoms with Gasteiger partial charge in [-0.25, -0.2) is 13.2 Å². The lowest BCUT2D eigenvalue weighted by Crippen LogP contribution is -2.42. The van der Waals surface area contributed by atoms with Crippen molar-refractivity contribution in [1.82, 2.24) is 10.2 Å². The number of halogens is 1. The van der Waals surface area contributed by atoms with E-state index in [9.17, 15) is 18.0 Å². The van der Waals surface area contributed by atoms with E-state index in [4.69, 9.17) is 0 Å². The topological polar surface area (TPSA) is 83.6 Å². The number of imide groups is 1. The number of hydrogen-bond acceptors (Lipinski definition) is 4. The van der Waals surface area contributed by atoms with Crippen LogP contribution in [0.15, 0.2) is 57.9 Å². The Hall–Kier alpha value is -2.19. The Morgan fingerprint density at radius 2 is 1.70 bits per heavy atom. The summed E-state index contributed by atoms with van der Waals surface area (Å²) >= 11 is 3.26. The highest BCUT2D eigenvalue weighted by Crippen LogP contribution is 2.31. The second-order valence-electron chi connectivity index (χ2n) is 6.60. The van der Waals surface area contributed by atoms with Crippen molar-refractivity contribution in [2.45, 2.75) is 24.3 Å². The number of carbonyl (C=O) groups is 2. The molecule has 2 aromatic rings. The number of amides is 3. The fourth-order valence-electron chi connectivity index (χ4n) is 3.19. The molecule has 8 heteroatoms. The highest BCUT2D eigenvalue weighted by atomic mass is 79.9. The lowest BCUT2D eigenvalue weighted by molar-refractivity contribution is -0.130. The monoisotopic (exact) mass is 450 g/mol. The Morgan fingerprint density at radius 1 is 1.07 bits per heavy atom. The smallest absolute Gasteiger partial charge is 0.319 e. The fraction of sp³-hybridized carbons (Fsp3) is 0.263. The van der Waals surface area contributed by atoms with Gasteiger partial charge in [-0.3, -0.25) is 9.69 Å². The van der Waals surface area contributed by atoms with Gasteiger partial charge in [0.2, 0.25) is 0 Å². The summed E-state index contributed by atoms with van der Waals surface area (Å²) in [6.07, 6.45) is 0. The number of nitrogens with zero attached hydrogens (tertiary/aromatic N) is 1. The van der Waals surface area contributed by atoms with Crippen LogP contribution in [0.1, 0.15) is 18.1 Å². The quantitative estimate of drug-likeness (QED) is 0.709. The van der Waals surface area contributed by atoms with Crippen LogP contribution in [-0.4, -0.2) is 37.6 Å². The highest BCUT2D eigenvalue weighted by molar-refractivity contribution is 9.10. The van der Waals surface area contributed by atoms with Crippen LogP contribution >= 0.6 is 15.9 Å². The van der Waals surface area contributed by atoms with Crippen molar-refractivity contribution < 1.29 is 18.0 Å². The molecule has 0 aliphatic carbocycles. The molecule has 1 heterocycles. The number of benzene rings is 2. The largest absolute Gasteiger partial charge is 0.325 e. The average molecular weight is 451 g/mol. The molecule has 142 valence electrons. The third kappa shape index (κ3) is 3.64. The van der Waals surface area contributed by atoms with Gasteiger partial charge in [0.25, 0.3) is 5.91 Å². The van der Waals surface area contributed by atoms with Crippen molar-refractivity contribution in [3.8, 4) is 0 Å². The van der Waals surface area contributed by atoms with E-state index in [0.29, 0.717) is 5.56 Å². The first kappa shape index (κ1) is 19.6. The molecule has 0 aromatic heterocycles. The SMILES string of the molecule is Cc1ccccc1C1(C)NC(=O)N(CCS(=O)(=O)c2ccc(Br)cc2)C1=O. The van der Waals surface area contributed by atoms with E-state index in [1.54, 1.807) is 31.2 Å². The minimum absolute atomic E-state index is 0.152. The van der Waals surface area contributed by atoms with Gasteiger partial charge in [0, 0.05) is 11.0 Å². The first-order valence-corrected chi connectivity index (χ1v) is 10.8. The van der Waals surface area contributed by atoms with Gasteiger partial charge in [-0.1, -0.05) is 40.2 Å². The number of carbonyl (C=O) groups excluding carboxylic acids is 2. The second-order valence-corrected chi connectivity index (χ2v) is 9.62. The lowest BCUT2D eigenvalue weighted by Gasteiger charge is -2.24. The number of hydrogen-bond donors (Lipinski definition) is 1. The standard InChI is InChI=1S/C19H19BrN2O4S/c1-13-5-3-4-6-16(13)19(2)17(23)22(18(24)21-19)11-12-27(25,26)15-9-7-14(20)8-10-15/h3-10H,11-12H2,1-2H3,(H,21,24). The van der Waals surface area contributed by atoms with Crippen LogP contribution < -0.4 is 5.32 Å². The number of aryl methyl sites for hydroxylation is 1. The molecule has 0 bridgehead atoms. The van der Waals surface area contributed by atoms with Crippen molar-refractivity contribution >= 4 is 37.7 Å². The van der Waals surface area contributed by atoms with Gasteiger partial charge in [0.05, 0.1) is 10.6 Å². The summed E-state index contributed by atoms with van der Waals surface area (Å²) in [6.45, 7) is 3.30. The molecule has 1 fully saturated rings. The predicted molar refractivity (Wildman–Crippen MR) is 105 cm³/mol. The van der Waals surface area contributed by atoms with Gasteiger partial charge in [0.1, 0.15) is 5.54 Å². The summed E-state index contributed by atoms with van der Waals surface area (Å²) in [5, 5.41) is 2.71. The van der Waals surface area contributed by atoms with Crippen LogP contribution in [0, 0.1) is 6.92 Å². The number of rotatable bonds is 5. The van der Waals surface area contributed by atoms with Gasteiger partial charge < -0.3 is 5.32 Å². The molecule has 0 radical (unpaired) electrons. The van der Waals surface area contributed by atoms with Crippen molar-refractivity contribution in [3.05, 3.63) is 64.1 Å². The van der Waals surface area contributed by atoms with Crippen LogP contribution in [-0.2, 0) is 20.2 Å². The van der Waals surface area contributed by atoms with Crippen molar-refractivity contribution in [1.29, 1.82) is 0 Å². The van der Waals surface area contributed by atoms with Gasteiger partial charge in [0.15, 0.2) is 9.84 Å². The molecule has 1 N–H and O–H groups in total. The summed E-state index contributed by atoms with van der Waals surface area (Å²) in [7, 11) is -3.62. The Bertz CT molecular complexity index is 1000. The first-order chi connectivity index (χ1) is 12.6. The summed E-state index contributed by atoms with van der Waals surface area (Å²) in [4.78, 5) is 26.4. The summed E-state index contributed by atoms with van der Waals surface area (Å²) < 4.78 is 25.8. The third-order valence-electron chi connectivity index (χ3n) is 4.72. The van der Waals surface area contributed by atoms with Gasteiger partial charge in [-0.05, 0) is 49.2 Å². The zero-order chi connectivity index (χ0) is 19.8. The maximum absolute atomic E-state index is 12.9. The Balaban J connectivity index is 1.80. The Kier molecular flexibility index (Phi) is 5.14. The second kappa shape index (κ2) is 7.09. The Labute approximate surface area is 166 Å². The molecule has 1 unspecified atom stereocenters. The zero-order valence-corrected chi connectivity index (χ0v) is 17.3. The van der Waals surface area contributed by atoms with Gasteiger partial charge >= 0.3 is 6.03 Å². The van der Waals surface area contributed by atoms with E-state index in [2.05, 4.69) is 21.2 Å². The number of nitrogens with one attached hydrogen (secondary N) is 1. The van der Waals surface area contributed by atoms with E-state index in [1.165, 1.54) is 12.1 Å². The summed E-state index contributed by atoms with van der Waals surface area (Å²) in [5.74, 6) is -0.787. The maximum atomic E-state index is 12.9. The van der Waals surface area contributed by atoms with Crippen LogP contribution in [0.3, 0.4) is 0 Å². The molecule has 1 saturated heterocycles. The van der Waals surface area contributed by atoms with Gasteiger partial charge in [-0.2, -0.15) is 0 Å². The van der Waals surface area contributed by atoms with Crippen LogP contribution in [0.4, 0.5) is 4.79 Å². The first-order valence-electron chi connectivity index (χ1n) is 8.34. The van der Waals surface area contributed by atoms with Crippen LogP contribution in [0.25, 0.3) is 0 Å². The average Bonchev–Trinajstić information content (AvgIpc) is 2.83. The normalized spacial score (nSPS) is 20.0. The van der Waals surface area contributed by atoms with Crippen molar-refractivity contribution in [2.75, 3.05) is 12.3 Å². The van der Waals surface area contributed by atoms with Gasteiger partial charge in [-0.15, -0.1) is 0 Å². The molecule has 27 heavy (non-hydrogen) atoms. The number of urea groups is 1. The summed E-state index contributed by atoms with van der Waals surface area (Å²) in [6, 6.07) is 13.0. The minimum atomic E-state index is -3.62. The zero-order valence-electron chi connectivity index (χ0n) is 14.9. The number of sulfone groups is 1. The molecule has 6 nitrogen and oxygen atoms in total. The van der Waals surface area contributed by atoms with Crippen LogP contribution in [0.2, 0.25) is 0 Å². The van der Waals surface area contributed by atoms with Crippen molar-refractivity contribution in [2.24, 2.45) is 0 Å². The molecule has 1 aliphatic heterocycles. The minimum Gasteiger partial charge on any atom is -0.319 e. The predicted octanol–water partition coefficient (Wildman–Crippen LogP) is 3.00.